The molecule has 2 N–H and O–H groups in total. The molecule has 0 radical (unpaired) electrons. The smallest absolute Gasteiger partial charge is 0.255 e. The van der Waals surface area contributed by atoms with Crippen LogP contribution in [0.1, 0.15) is 35.0 Å². The van der Waals surface area contributed by atoms with Crippen LogP contribution in [0.4, 0.5) is 10.2 Å². The van der Waals surface area contributed by atoms with Crippen molar-refractivity contribution < 1.29 is 14.3 Å². The zero-order chi connectivity index (χ0) is 22.4. The minimum atomic E-state index is -0.558. The Morgan fingerprint density at radius 1 is 1.28 bits per heavy atom. The van der Waals surface area contributed by atoms with Crippen molar-refractivity contribution in [3.8, 4) is 23.0 Å². The van der Waals surface area contributed by atoms with Crippen LogP contribution in [0.3, 0.4) is 0 Å². The predicted molar refractivity (Wildman–Crippen MR) is 115 cm³/mol. The highest BCUT2D eigenvalue weighted by Gasteiger charge is 2.29. The number of aromatic nitrogens is 3. The van der Waals surface area contributed by atoms with Gasteiger partial charge in [0.1, 0.15) is 5.82 Å². The predicted octanol–water partition coefficient (Wildman–Crippen LogP) is 2.40. The molecule has 0 spiro atoms. The number of halogens is 1. The highest BCUT2D eigenvalue weighted by molar-refractivity contribution is 6.01. The SMILES string of the molecule is C[C@@H]1C[C@H](O)CN(c2ccn(-c3cc(-c4c(F)cccc4C#N)nc4c3C(=O)NC4)n2)C1. The van der Waals surface area contributed by atoms with Gasteiger partial charge in [0.15, 0.2) is 5.82 Å². The van der Waals surface area contributed by atoms with E-state index in [0.29, 0.717) is 35.2 Å². The molecule has 2 atom stereocenters. The van der Waals surface area contributed by atoms with Crippen molar-refractivity contribution in [1.82, 2.24) is 20.1 Å². The lowest BCUT2D eigenvalue weighted by atomic mass is 9.98. The molecular formula is C23H21FN6O2. The molecule has 8 nitrogen and oxygen atoms in total. The van der Waals surface area contributed by atoms with Crippen LogP contribution >= 0.6 is 0 Å². The number of piperidine rings is 1. The number of fused-ring (bicyclic) bond motifs is 1. The highest BCUT2D eigenvalue weighted by Crippen LogP contribution is 2.32. The molecule has 3 aromatic rings. The van der Waals surface area contributed by atoms with Crippen LogP contribution in [0, 0.1) is 23.1 Å². The Hall–Kier alpha value is -3.77. The second-order valence-corrected chi connectivity index (χ2v) is 8.32. The topological polar surface area (TPSA) is 107 Å². The molecule has 1 amide bonds. The normalized spacial score (nSPS) is 20.1. The van der Waals surface area contributed by atoms with E-state index < -0.39 is 11.9 Å². The number of nitriles is 1. The number of aliphatic hydroxyl groups is 1. The molecule has 1 fully saturated rings. The fraction of sp³-hybridized carbons (Fsp3) is 0.304. The van der Waals surface area contributed by atoms with E-state index in [2.05, 4.69) is 22.3 Å². The third-order valence-corrected chi connectivity index (χ3v) is 5.89. The van der Waals surface area contributed by atoms with Crippen LogP contribution in [-0.4, -0.2) is 45.0 Å². The van der Waals surface area contributed by atoms with Crippen molar-refractivity contribution in [3.63, 3.8) is 0 Å². The first-order chi connectivity index (χ1) is 15.4. The van der Waals surface area contributed by atoms with Gasteiger partial charge in [0.2, 0.25) is 0 Å². The van der Waals surface area contributed by atoms with Crippen molar-refractivity contribution in [2.45, 2.75) is 26.0 Å². The van der Waals surface area contributed by atoms with Gasteiger partial charge in [-0.05, 0) is 30.5 Å². The molecule has 162 valence electrons. The molecule has 1 saturated heterocycles. The number of amides is 1. The number of pyridine rings is 1. The molecule has 9 heteroatoms. The number of aliphatic hydroxyl groups excluding tert-OH is 1. The van der Waals surface area contributed by atoms with Crippen LogP contribution in [-0.2, 0) is 6.54 Å². The number of benzene rings is 1. The van der Waals surface area contributed by atoms with Crippen molar-refractivity contribution in [1.29, 1.82) is 5.26 Å². The molecule has 4 heterocycles. The summed E-state index contributed by atoms with van der Waals surface area (Å²) in [5.41, 5.74) is 1.85. The van der Waals surface area contributed by atoms with Crippen LogP contribution in [0.5, 0.6) is 0 Å². The molecule has 1 aromatic carbocycles. The molecule has 0 saturated carbocycles. The van der Waals surface area contributed by atoms with Crippen molar-refractivity contribution in [3.05, 3.63) is 59.2 Å². The second kappa shape index (κ2) is 7.73. The molecule has 2 aliphatic rings. The molecule has 5 rings (SSSR count). The van der Waals surface area contributed by atoms with E-state index in [1.165, 1.54) is 18.2 Å². The zero-order valence-corrected chi connectivity index (χ0v) is 17.4. The Bertz CT molecular complexity index is 1250. The molecule has 32 heavy (non-hydrogen) atoms. The van der Waals surface area contributed by atoms with Gasteiger partial charge in [-0.25, -0.2) is 14.1 Å². The standard InChI is InChI=1S/C23H21FN6O2/c1-13-7-15(31)12-29(11-13)20-5-6-30(28-20)19-8-17(27-18-10-26-23(32)22(18)19)21-14(9-25)3-2-4-16(21)24/h2-6,8,13,15,31H,7,10-12H2,1H3,(H,26,32)/t13-,15+/m1/s1. The number of hydrogen-bond donors (Lipinski definition) is 2. The maximum Gasteiger partial charge on any atom is 0.255 e. The summed E-state index contributed by atoms with van der Waals surface area (Å²) in [4.78, 5) is 19.0. The highest BCUT2D eigenvalue weighted by atomic mass is 19.1. The largest absolute Gasteiger partial charge is 0.391 e. The number of anilines is 1. The monoisotopic (exact) mass is 432 g/mol. The molecule has 2 aliphatic heterocycles. The average Bonchev–Trinajstić information content (AvgIpc) is 3.40. The Labute approximate surface area is 183 Å². The first-order valence-corrected chi connectivity index (χ1v) is 10.4. The number of carbonyl (C=O) groups is 1. The molecule has 2 aromatic heterocycles. The fourth-order valence-corrected chi connectivity index (χ4v) is 4.52. The van der Waals surface area contributed by atoms with Crippen LogP contribution in [0.15, 0.2) is 36.5 Å². The summed E-state index contributed by atoms with van der Waals surface area (Å²) in [5.74, 6) is 0.181. The van der Waals surface area contributed by atoms with Gasteiger partial charge in [-0.2, -0.15) is 10.4 Å². The van der Waals surface area contributed by atoms with Crippen molar-refractivity contribution >= 4 is 11.7 Å². The summed E-state index contributed by atoms with van der Waals surface area (Å²) < 4.78 is 16.3. The van der Waals surface area contributed by atoms with Crippen molar-refractivity contribution in [2.24, 2.45) is 5.92 Å². The number of β-amino-alcohol motifs (C(OH)–C–C–N with tert-alkyl or cyclic N) is 1. The lowest BCUT2D eigenvalue weighted by molar-refractivity contribution is 0.0965. The van der Waals surface area contributed by atoms with Crippen LogP contribution in [0.25, 0.3) is 16.9 Å². The molecule has 0 bridgehead atoms. The third-order valence-electron chi connectivity index (χ3n) is 5.89. The van der Waals surface area contributed by atoms with Gasteiger partial charge in [0.05, 0.1) is 52.5 Å². The molecule has 0 aliphatic carbocycles. The Morgan fingerprint density at radius 3 is 2.91 bits per heavy atom. The van der Waals surface area contributed by atoms with Gasteiger partial charge in [0.25, 0.3) is 5.91 Å². The van der Waals surface area contributed by atoms with Gasteiger partial charge < -0.3 is 15.3 Å². The molecule has 0 unspecified atom stereocenters. The van der Waals surface area contributed by atoms with E-state index >= 15 is 0 Å². The summed E-state index contributed by atoms with van der Waals surface area (Å²) in [6.07, 6.45) is 2.07. The van der Waals surface area contributed by atoms with E-state index in [4.69, 9.17) is 0 Å². The lowest BCUT2D eigenvalue weighted by Crippen LogP contribution is -2.42. The van der Waals surface area contributed by atoms with Gasteiger partial charge in [-0.3, -0.25) is 4.79 Å². The number of carbonyl (C=O) groups excluding carboxylic acids is 1. The average molecular weight is 432 g/mol. The quantitative estimate of drug-likeness (QED) is 0.658. The number of hydrogen-bond acceptors (Lipinski definition) is 6. The summed E-state index contributed by atoms with van der Waals surface area (Å²) in [7, 11) is 0. The first-order valence-electron chi connectivity index (χ1n) is 10.4. The first kappa shape index (κ1) is 20.2. The van der Waals surface area contributed by atoms with Crippen LogP contribution in [0.2, 0.25) is 0 Å². The fourth-order valence-electron chi connectivity index (χ4n) is 4.52. The van der Waals surface area contributed by atoms with E-state index in [9.17, 15) is 19.6 Å². The summed E-state index contributed by atoms with van der Waals surface area (Å²) in [6.45, 7) is 3.56. The minimum absolute atomic E-state index is 0.0961. The minimum Gasteiger partial charge on any atom is -0.391 e. The Kier molecular flexibility index (Phi) is 4.87. The van der Waals surface area contributed by atoms with E-state index in [1.807, 2.05) is 17.0 Å². The zero-order valence-electron chi connectivity index (χ0n) is 17.4. The maximum absolute atomic E-state index is 14.7. The number of rotatable bonds is 3. The maximum atomic E-state index is 14.7. The third kappa shape index (κ3) is 3.39. The summed E-state index contributed by atoms with van der Waals surface area (Å²) >= 11 is 0. The Balaban J connectivity index is 1.62. The van der Waals surface area contributed by atoms with Gasteiger partial charge in [-0.15, -0.1) is 0 Å². The number of nitrogens with zero attached hydrogens (tertiary/aromatic N) is 5. The second-order valence-electron chi connectivity index (χ2n) is 8.32. The lowest BCUT2D eigenvalue weighted by Gasteiger charge is -2.34. The van der Waals surface area contributed by atoms with Gasteiger partial charge in [-0.1, -0.05) is 13.0 Å². The summed E-state index contributed by atoms with van der Waals surface area (Å²) in [6, 6.07) is 9.72. The Morgan fingerprint density at radius 2 is 2.12 bits per heavy atom. The van der Waals surface area contributed by atoms with Gasteiger partial charge in [0, 0.05) is 25.4 Å². The molecular weight excluding hydrogens is 411 g/mol. The van der Waals surface area contributed by atoms with E-state index in [-0.39, 0.29) is 29.3 Å². The summed E-state index contributed by atoms with van der Waals surface area (Å²) in [5, 5.41) is 27.0. The van der Waals surface area contributed by atoms with E-state index in [0.717, 1.165) is 13.0 Å². The van der Waals surface area contributed by atoms with Crippen LogP contribution < -0.4 is 10.2 Å². The number of nitrogens with one attached hydrogen (secondary N) is 1. The van der Waals surface area contributed by atoms with Gasteiger partial charge >= 0.3 is 0 Å². The van der Waals surface area contributed by atoms with Crippen molar-refractivity contribution in [2.75, 3.05) is 18.0 Å². The van der Waals surface area contributed by atoms with E-state index in [1.54, 1.807) is 16.9 Å².